The van der Waals surface area contributed by atoms with E-state index in [9.17, 15) is 0 Å². The van der Waals surface area contributed by atoms with Crippen LogP contribution < -0.4 is 5.73 Å². The number of nitrogens with zero attached hydrogens (tertiary/aromatic N) is 1. The Labute approximate surface area is 114 Å². The lowest BCUT2D eigenvalue weighted by molar-refractivity contribution is 1.21. The third kappa shape index (κ3) is 2.49. The number of nitrogens with two attached hydrogens (primary N) is 1. The Morgan fingerprint density at radius 2 is 1.65 bits per heavy atom. The summed E-state index contributed by atoms with van der Waals surface area (Å²) >= 11 is 18.2. The monoisotopic (exact) mass is 286 g/mol. The molecule has 0 bridgehead atoms. The van der Waals surface area contributed by atoms with Gasteiger partial charge in [0, 0.05) is 21.8 Å². The number of aromatic nitrogens is 1. The molecule has 2 aromatic rings. The second-order valence-electron chi connectivity index (χ2n) is 3.61. The Kier molecular flexibility index (Phi) is 3.48. The fourth-order valence-electron chi connectivity index (χ4n) is 1.64. The van der Waals surface area contributed by atoms with Gasteiger partial charge in [-0.2, -0.15) is 0 Å². The molecular formula is C12H9Cl3N2. The minimum atomic E-state index is 0.465. The van der Waals surface area contributed by atoms with Gasteiger partial charge in [-0.15, -0.1) is 0 Å². The average molecular weight is 288 g/mol. The van der Waals surface area contributed by atoms with Crippen LogP contribution in [0.5, 0.6) is 0 Å². The van der Waals surface area contributed by atoms with E-state index in [1.807, 2.05) is 13.0 Å². The zero-order valence-corrected chi connectivity index (χ0v) is 11.2. The average Bonchev–Trinajstić information content (AvgIpc) is 2.19. The minimum Gasteiger partial charge on any atom is -0.384 e. The van der Waals surface area contributed by atoms with Crippen molar-refractivity contribution in [1.82, 2.24) is 4.98 Å². The van der Waals surface area contributed by atoms with Crippen LogP contribution in [-0.2, 0) is 0 Å². The molecule has 1 aromatic heterocycles. The van der Waals surface area contributed by atoms with Crippen LogP contribution in [0.3, 0.4) is 0 Å². The van der Waals surface area contributed by atoms with E-state index >= 15 is 0 Å². The van der Waals surface area contributed by atoms with Crippen molar-refractivity contribution in [1.29, 1.82) is 0 Å². The first-order valence-corrected chi connectivity index (χ1v) is 6.00. The lowest BCUT2D eigenvalue weighted by Crippen LogP contribution is -1.95. The third-order valence-electron chi connectivity index (χ3n) is 2.38. The van der Waals surface area contributed by atoms with Crippen molar-refractivity contribution in [3.63, 3.8) is 0 Å². The smallest absolute Gasteiger partial charge is 0.123 e. The number of benzene rings is 1. The first-order chi connectivity index (χ1) is 7.99. The molecule has 2 rings (SSSR count). The molecule has 2 nitrogen and oxygen atoms in total. The largest absolute Gasteiger partial charge is 0.384 e. The number of pyridine rings is 1. The van der Waals surface area contributed by atoms with Gasteiger partial charge in [0.25, 0.3) is 0 Å². The fourth-order valence-corrected chi connectivity index (χ4v) is 2.66. The third-order valence-corrected chi connectivity index (χ3v) is 3.20. The predicted octanol–water partition coefficient (Wildman–Crippen LogP) is 4.60. The number of anilines is 1. The molecule has 1 heterocycles. The number of hydrogen-bond acceptors (Lipinski definition) is 2. The molecule has 0 radical (unpaired) electrons. The first-order valence-electron chi connectivity index (χ1n) is 4.87. The molecular weight excluding hydrogens is 279 g/mol. The van der Waals surface area contributed by atoms with Gasteiger partial charge in [0.2, 0.25) is 0 Å². The van der Waals surface area contributed by atoms with Crippen LogP contribution >= 0.6 is 34.8 Å². The summed E-state index contributed by atoms with van der Waals surface area (Å²) in [5.41, 5.74) is 7.96. The standard InChI is InChI=1S/C12H9Cl3N2/c1-6-8(2-3-11(16)17-6)12-9(14)4-7(13)5-10(12)15/h2-5H,1H3,(H2,16,17). The van der Waals surface area contributed by atoms with Crippen LogP contribution in [0, 0.1) is 6.92 Å². The summed E-state index contributed by atoms with van der Waals surface area (Å²) in [7, 11) is 0. The van der Waals surface area contributed by atoms with E-state index in [-0.39, 0.29) is 0 Å². The molecule has 0 unspecified atom stereocenters. The topological polar surface area (TPSA) is 38.9 Å². The maximum absolute atomic E-state index is 6.15. The maximum Gasteiger partial charge on any atom is 0.123 e. The lowest BCUT2D eigenvalue weighted by atomic mass is 10.0. The van der Waals surface area contributed by atoms with E-state index in [1.54, 1.807) is 18.2 Å². The lowest BCUT2D eigenvalue weighted by Gasteiger charge is -2.10. The van der Waals surface area contributed by atoms with Gasteiger partial charge in [0.15, 0.2) is 0 Å². The molecule has 0 saturated heterocycles. The van der Waals surface area contributed by atoms with Crippen molar-refractivity contribution < 1.29 is 0 Å². The molecule has 0 spiro atoms. The number of halogens is 3. The summed E-state index contributed by atoms with van der Waals surface area (Å²) in [5, 5.41) is 1.50. The van der Waals surface area contributed by atoms with Gasteiger partial charge in [-0.05, 0) is 31.2 Å². The molecule has 0 aliphatic rings. The summed E-state index contributed by atoms with van der Waals surface area (Å²) in [4.78, 5) is 4.18. The van der Waals surface area contributed by atoms with Crippen LogP contribution in [-0.4, -0.2) is 4.98 Å². The second-order valence-corrected chi connectivity index (χ2v) is 4.86. The molecule has 2 N–H and O–H groups in total. The van der Waals surface area contributed by atoms with E-state index in [4.69, 9.17) is 40.5 Å². The van der Waals surface area contributed by atoms with Gasteiger partial charge in [-0.1, -0.05) is 34.8 Å². The van der Waals surface area contributed by atoms with E-state index in [0.29, 0.717) is 20.9 Å². The highest BCUT2D eigenvalue weighted by Gasteiger charge is 2.13. The first kappa shape index (κ1) is 12.5. The number of aryl methyl sites for hydroxylation is 1. The Bertz CT molecular complexity index is 559. The quantitative estimate of drug-likeness (QED) is 0.832. The van der Waals surface area contributed by atoms with Crippen molar-refractivity contribution in [2.24, 2.45) is 0 Å². The Morgan fingerprint density at radius 1 is 1.06 bits per heavy atom. The summed E-state index contributed by atoms with van der Waals surface area (Å²) in [5.74, 6) is 0.465. The SMILES string of the molecule is Cc1nc(N)ccc1-c1c(Cl)cc(Cl)cc1Cl. The molecule has 0 saturated carbocycles. The highest BCUT2D eigenvalue weighted by molar-refractivity contribution is 6.41. The van der Waals surface area contributed by atoms with Crippen LogP contribution in [0.2, 0.25) is 15.1 Å². The molecule has 0 atom stereocenters. The van der Waals surface area contributed by atoms with Gasteiger partial charge in [-0.3, -0.25) is 0 Å². The molecule has 17 heavy (non-hydrogen) atoms. The van der Waals surface area contributed by atoms with Crippen LogP contribution in [0.25, 0.3) is 11.1 Å². The maximum atomic E-state index is 6.15. The summed E-state index contributed by atoms with van der Waals surface area (Å²) < 4.78 is 0. The molecule has 1 aromatic carbocycles. The van der Waals surface area contributed by atoms with Gasteiger partial charge in [0.1, 0.15) is 5.82 Å². The van der Waals surface area contributed by atoms with E-state index in [2.05, 4.69) is 4.98 Å². The van der Waals surface area contributed by atoms with Crippen LogP contribution in [0.4, 0.5) is 5.82 Å². The number of rotatable bonds is 1. The minimum absolute atomic E-state index is 0.465. The highest BCUT2D eigenvalue weighted by Crippen LogP contribution is 2.38. The van der Waals surface area contributed by atoms with Crippen molar-refractivity contribution in [3.05, 3.63) is 45.0 Å². The van der Waals surface area contributed by atoms with Gasteiger partial charge < -0.3 is 5.73 Å². The van der Waals surface area contributed by atoms with E-state index < -0.39 is 0 Å². The summed E-state index contributed by atoms with van der Waals surface area (Å²) in [6.45, 7) is 1.85. The van der Waals surface area contributed by atoms with Crippen molar-refractivity contribution >= 4 is 40.6 Å². The number of hydrogen-bond donors (Lipinski definition) is 1. The Morgan fingerprint density at radius 3 is 2.18 bits per heavy atom. The molecule has 0 aliphatic heterocycles. The molecule has 5 heteroatoms. The molecule has 88 valence electrons. The van der Waals surface area contributed by atoms with Crippen molar-refractivity contribution in [2.75, 3.05) is 5.73 Å². The van der Waals surface area contributed by atoms with Crippen molar-refractivity contribution in [2.45, 2.75) is 6.92 Å². The normalized spacial score (nSPS) is 10.6. The van der Waals surface area contributed by atoms with E-state index in [1.165, 1.54) is 0 Å². The highest BCUT2D eigenvalue weighted by atomic mass is 35.5. The summed E-state index contributed by atoms with van der Waals surface area (Å²) in [6.07, 6.45) is 0. The molecule has 0 fully saturated rings. The summed E-state index contributed by atoms with van der Waals surface area (Å²) in [6, 6.07) is 6.86. The van der Waals surface area contributed by atoms with Gasteiger partial charge in [-0.25, -0.2) is 4.98 Å². The van der Waals surface area contributed by atoms with Crippen LogP contribution in [0.1, 0.15) is 5.69 Å². The van der Waals surface area contributed by atoms with Gasteiger partial charge in [0.05, 0.1) is 10.0 Å². The second kappa shape index (κ2) is 4.73. The van der Waals surface area contributed by atoms with Crippen molar-refractivity contribution in [3.8, 4) is 11.1 Å². The zero-order chi connectivity index (χ0) is 12.6. The van der Waals surface area contributed by atoms with Gasteiger partial charge >= 0.3 is 0 Å². The fraction of sp³-hybridized carbons (Fsp3) is 0.0833. The molecule has 0 aliphatic carbocycles. The Balaban J connectivity index is 2.68. The Hall–Kier alpha value is -0.960. The predicted molar refractivity (Wildman–Crippen MR) is 73.9 cm³/mol. The van der Waals surface area contributed by atoms with Crippen LogP contribution in [0.15, 0.2) is 24.3 Å². The zero-order valence-electron chi connectivity index (χ0n) is 8.97. The number of nitrogen functional groups attached to an aromatic ring is 1. The van der Waals surface area contributed by atoms with E-state index in [0.717, 1.165) is 16.8 Å². The molecule has 0 amide bonds.